The normalized spacial score (nSPS) is 14.9. The lowest BCUT2D eigenvalue weighted by Crippen LogP contribution is -2.32. The Balaban J connectivity index is 1.28. The van der Waals surface area contributed by atoms with Crippen molar-refractivity contribution >= 4 is 29.1 Å². The first-order valence-corrected chi connectivity index (χ1v) is 11.7. The molecule has 2 N–H and O–H groups in total. The van der Waals surface area contributed by atoms with E-state index in [1.807, 2.05) is 55.5 Å². The maximum Gasteiger partial charge on any atom is 0.262 e. The maximum atomic E-state index is 12.7. The highest BCUT2D eigenvalue weighted by atomic mass is 16.5. The lowest BCUT2D eigenvalue weighted by atomic mass is 10.1. The van der Waals surface area contributed by atoms with E-state index in [9.17, 15) is 14.4 Å². The van der Waals surface area contributed by atoms with Crippen LogP contribution in [0.15, 0.2) is 72.8 Å². The number of amides is 3. The molecule has 0 bridgehead atoms. The summed E-state index contributed by atoms with van der Waals surface area (Å²) >= 11 is 0. The molecule has 8 nitrogen and oxygen atoms in total. The number of anilines is 2. The van der Waals surface area contributed by atoms with Crippen molar-refractivity contribution in [1.29, 1.82) is 0 Å². The van der Waals surface area contributed by atoms with E-state index >= 15 is 0 Å². The molecule has 0 radical (unpaired) electrons. The van der Waals surface area contributed by atoms with Crippen molar-refractivity contribution in [3.05, 3.63) is 83.9 Å². The predicted molar refractivity (Wildman–Crippen MR) is 137 cm³/mol. The monoisotopic (exact) mass is 487 g/mol. The number of hydrogen-bond acceptors (Lipinski definition) is 5. The molecule has 3 amide bonds. The van der Waals surface area contributed by atoms with Crippen LogP contribution in [0.1, 0.15) is 17.5 Å². The van der Waals surface area contributed by atoms with Gasteiger partial charge in [0.05, 0.1) is 13.0 Å². The van der Waals surface area contributed by atoms with Crippen molar-refractivity contribution in [2.24, 2.45) is 5.92 Å². The van der Waals surface area contributed by atoms with Gasteiger partial charge in [0.15, 0.2) is 6.61 Å². The number of rotatable bonds is 9. The van der Waals surface area contributed by atoms with Crippen LogP contribution in [-0.4, -0.2) is 38.0 Å². The summed E-state index contributed by atoms with van der Waals surface area (Å²) < 4.78 is 10.9. The molecule has 3 aromatic rings. The lowest BCUT2D eigenvalue weighted by Gasteiger charge is -2.17. The quantitative estimate of drug-likeness (QED) is 0.480. The molecule has 1 fully saturated rings. The zero-order chi connectivity index (χ0) is 25.5. The molecule has 0 spiro atoms. The van der Waals surface area contributed by atoms with E-state index in [0.29, 0.717) is 36.0 Å². The van der Waals surface area contributed by atoms with Gasteiger partial charge in [0.2, 0.25) is 11.8 Å². The molecular weight excluding hydrogens is 458 g/mol. The molecule has 4 rings (SSSR count). The number of carbonyl (C=O) groups excluding carboxylic acids is 3. The summed E-state index contributed by atoms with van der Waals surface area (Å²) in [6, 6.07) is 21.9. The van der Waals surface area contributed by atoms with Gasteiger partial charge in [-0.05, 0) is 55.0 Å². The summed E-state index contributed by atoms with van der Waals surface area (Å²) in [5.41, 5.74) is 3.32. The summed E-state index contributed by atoms with van der Waals surface area (Å²) in [6.45, 7) is 2.45. The van der Waals surface area contributed by atoms with Gasteiger partial charge in [0.1, 0.15) is 11.5 Å². The minimum Gasteiger partial charge on any atom is -0.496 e. The van der Waals surface area contributed by atoms with Crippen LogP contribution < -0.4 is 25.0 Å². The van der Waals surface area contributed by atoms with Gasteiger partial charge in [0, 0.05) is 36.4 Å². The Morgan fingerprint density at radius 2 is 1.81 bits per heavy atom. The van der Waals surface area contributed by atoms with Crippen LogP contribution in [0, 0.1) is 12.8 Å². The van der Waals surface area contributed by atoms with Gasteiger partial charge in [-0.3, -0.25) is 14.4 Å². The Labute approximate surface area is 210 Å². The molecule has 0 aliphatic carbocycles. The first-order chi connectivity index (χ1) is 17.4. The molecule has 1 aliphatic rings. The highest BCUT2D eigenvalue weighted by molar-refractivity contribution is 6.00. The second-order valence-corrected chi connectivity index (χ2v) is 8.64. The minimum absolute atomic E-state index is 0.112. The van der Waals surface area contributed by atoms with Crippen molar-refractivity contribution in [1.82, 2.24) is 5.32 Å². The van der Waals surface area contributed by atoms with E-state index in [4.69, 9.17) is 9.47 Å². The molecule has 36 heavy (non-hydrogen) atoms. The van der Waals surface area contributed by atoms with E-state index in [2.05, 4.69) is 10.6 Å². The third kappa shape index (κ3) is 6.21. The standard InChI is InChI=1S/C28H29N3O5/c1-19-6-5-8-22(14-19)30-26(32)18-36-24-12-10-23(11-13-24)31-17-21(15-27(31)33)28(34)29-16-20-7-3-4-9-25(20)35-2/h3-14,21H,15-18H2,1-2H3,(H,29,34)(H,30,32)/t21-/m0/s1. The summed E-state index contributed by atoms with van der Waals surface area (Å²) in [5.74, 6) is 0.234. The largest absolute Gasteiger partial charge is 0.496 e. The lowest BCUT2D eigenvalue weighted by molar-refractivity contribution is -0.126. The number of carbonyl (C=O) groups is 3. The number of nitrogens with one attached hydrogen (secondary N) is 2. The third-order valence-corrected chi connectivity index (χ3v) is 5.96. The van der Waals surface area contributed by atoms with E-state index < -0.39 is 5.92 Å². The number of methoxy groups -OCH3 is 1. The van der Waals surface area contributed by atoms with E-state index in [0.717, 1.165) is 11.1 Å². The van der Waals surface area contributed by atoms with Crippen LogP contribution >= 0.6 is 0 Å². The van der Waals surface area contributed by atoms with Gasteiger partial charge < -0.3 is 25.0 Å². The van der Waals surface area contributed by atoms with E-state index in [1.54, 1.807) is 36.3 Å². The first-order valence-electron chi connectivity index (χ1n) is 11.7. The minimum atomic E-state index is -0.437. The number of ether oxygens (including phenoxy) is 2. The molecule has 1 saturated heterocycles. The zero-order valence-electron chi connectivity index (χ0n) is 20.3. The highest BCUT2D eigenvalue weighted by Gasteiger charge is 2.35. The summed E-state index contributed by atoms with van der Waals surface area (Å²) in [6.07, 6.45) is 0.148. The number of para-hydroxylation sites is 1. The zero-order valence-corrected chi connectivity index (χ0v) is 20.3. The molecule has 8 heteroatoms. The number of nitrogens with zero attached hydrogens (tertiary/aromatic N) is 1. The summed E-state index contributed by atoms with van der Waals surface area (Å²) in [4.78, 5) is 39.1. The third-order valence-electron chi connectivity index (χ3n) is 5.96. The molecular formula is C28H29N3O5. The van der Waals surface area contributed by atoms with Gasteiger partial charge in [0.25, 0.3) is 5.91 Å². The van der Waals surface area contributed by atoms with E-state index in [-0.39, 0.29) is 30.7 Å². The van der Waals surface area contributed by atoms with Crippen LogP contribution in [0.2, 0.25) is 0 Å². The summed E-state index contributed by atoms with van der Waals surface area (Å²) in [5, 5.41) is 5.71. The number of hydrogen-bond donors (Lipinski definition) is 2. The molecule has 0 aromatic heterocycles. The van der Waals surface area contributed by atoms with Crippen molar-refractivity contribution < 1.29 is 23.9 Å². The van der Waals surface area contributed by atoms with Crippen molar-refractivity contribution in [3.63, 3.8) is 0 Å². The highest BCUT2D eigenvalue weighted by Crippen LogP contribution is 2.27. The number of benzene rings is 3. The molecule has 1 atom stereocenters. The van der Waals surface area contributed by atoms with Crippen LogP contribution in [0.3, 0.4) is 0 Å². The topological polar surface area (TPSA) is 97.0 Å². The Kier molecular flexibility index (Phi) is 7.85. The Morgan fingerprint density at radius 3 is 2.56 bits per heavy atom. The van der Waals surface area contributed by atoms with Crippen LogP contribution in [0.25, 0.3) is 0 Å². The van der Waals surface area contributed by atoms with Gasteiger partial charge in [-0.2, -0.15) is 0 Å². The average molecular weight is 488 g/mol. The Hall–Kier alpha value is -4.33. The maximum absolute atomic E-state index is 12.7. The molecule has 186 valence electrons. The second kappa shape index (κ2) is 11.4. The SMILES string of the molecule is COc1ccccc1CNC(=O)[C@H]1CC(=O)N(c2ccc(OCC(=O)Nc3cccc(C)c3)cc2)C1. The summed E-state index contributed by atoms with van der Waals surface area (Å²) in [7, 11) is 1.59. The predicted octanol–water partition coefficient (Wildman–Crippen LogP) is 3.69. The van der Waals surface area contributed by atoms with Crippen LogP contribution in [-0.2, 0) is 20.9 Å². The van der Waals surface area contributed by atoms with Crippen LogP contribution in [0.5, 0.6) is 11.5 Å². The molecule has 0 saturated carbocycles. The molecule has 1 heterocycles. The fraction of sp³-hybridized carbons (Fsp3) is 0.250. The fourth-order valence-electron chi connectivity index (χ4n) is 4.10. The molecule has 3 aromatic carbocycles. The second-order valence-electron chi connectivity index (χ2n) is 8.64. The molecule has 0 unspecified atom stereocenters. The first kappa shape index (κ1) is 24.8. The smallest absolute Gasteiger partial charge is 0.262 e. The van der Waals surface area contributed by atoms with Crippen molar-refractivity contribution in [3.8, 4) is 11.5 Å². The van der Waals surface area contributed by atoms with Crippen LogP contribution in [0.4, 0.5) is 11.4 Å². The van der Waals surface area contributed by atoms with Crippen molar-refractivity contribution in [2.45, 2.75) is 19.9 Å². The van der Waals surface area contributed by atoms with Crippen molar-refractivity contribution in [2.75, 3.05) is 30.5 Å². The Bertz CT molecular complexity index is 1240. The van der Waals surface area contributed by atoms with Gasteiger partial charge >= 0.3 is 0 Å². The fourth-order valence-corrected chi connectivity index (χ4v) is 4.10. The van der Waals surface area contributed by atoms with Gasteiger partial charge in [-0.15, -0.1) is 0 Å². The average Bonchev–Trinajstić information content (AvgIpc) is 3.28. The van der Waals surface area contributed by atoms with Gasteiger partial charge in [-0.25, -0.2) is 0 Å². The Morgan fingerprint density at radius 1 is 1.03 bits per heavy atom. The molecule has 1 aliphatic heterocycles. The number of aryl methyl sites for hydroxylation is 1. The van der Waals surface area contributed by atoms with E-state index in [1.165, 1.54) is 0 Å². The van der Waals surface area contributed by atoms with Gasteiger partial charge in [-0.1, -0.05) is 30.3 Å².